The summed E-state index contributed by atoms with van der Waals surface area (Å²) < 4.78 is 5.46. The SMILES string of the molecule is O=C(/C=C/c1ccc(Cl)c([N+](=O)[O-])c1)Nc1ccc(-c2ccc(CO)o2)cc1. The van der Waals surface area contributed by atoms with Gasteiger partial charge in [0.05, 0.1) is 4.92 Å². The number of nitrogens with zero attached hydrogens (tertiary/aromatic N) is 1. The van der Waals surface area contributed by atoms with E-state index >= 15 is 0 Å². The Hall–Kier alpha value is -3.42. The summed E-state index contributed by atoms with van der Waals surface area (Å²) in [4.78, 5) is 22.4. The minimum atomic E-state index is -0.580. The van der Waals surface area contributed by atoms with Crippen molar-refractivity contribution in [2.75, 3.05) is 5.32 Å². The highest BCUT2D eigenvalue weighted by Crippen LogP contribution is 2.26. The summed E-state index contributed by atoms with van der Waals surface area (Å²) in [6.45, 7) is -0.169. The Labute approximate surface area is 165 Å². The molecule has 0 atom stereocenters. The number of anilines is 1. The van der Waals surface area contributed by atoms with Crippen molar-refractivity contribution in [2.24, 2.45) is 0 Å². The molecule has 1 amide bonds. The van der Waals surface area contributed by atoms with E-state index in [4.69, 9.17) is 21.1 Å². The number of hydrogen-bond donors (Lipinski definition) is 2. The number of carbonyl (C=O) groups is 1. The molecule has 0 saturated heterocycles. The Morgan fingerprint density at radius 2 is 1.93 bits per heavy atom. The largest absolute Gasteiger partial charge is 0.459 e. The fourth-order valence-corrected chi connectivity index (χ4v) is 2.65. The molecule has 0 unspecified atom stereocenters. The number of aliphatic hydroxyl groups is 1. The second-order valence-electron chi connectivity index (χ2n) is 5.79. The van der Waals surface area contributed by atoms with Crippen LogP contribution in [0.4, 0.5) is 11.4 Å². The normalized spacial score (nSPS) is 10.9. The summed E-state index contributed by atoms with van der Waals surface area (Å²) in [5.74, 6) is 0.706. The van der Waals surface area contributed by atoms with Crippen molar-refractivity contribution < 1.29 is 19.2 Å². The lowest BCUT2D eigenvalue weighted by Gasteiger charge is -2.03. The monoisotopic (exact) mass is 398 g/mol. The molecule has 7 nitrogen and oxygen atoms in total. The first-order valence-electron chi connectivity index (χ1n) is 8.19. The molecule has 2 aromatic carbocycles. The molecule has 142 valence electrons. The number of nitrogens with one attached hydrogen (secondary N) is 1. The summed E-state index contributed by atoms with van der Waals surface area (Å²) in [5, 5.41) is 22.7. The van der Waals surface area contributed by atoms with Crippen molar-refractivity contribution in [2.45, 2.75) is 6.61 Å². The lowest BCUT2D eigenvalue weighted by atomic mass is 10.1. The van der Waals surface area contributed by atoms with Gasteiger partial charge < -0.3 is 14.8 Å². The first-order chi connectivity index (χ1) is 13.5. The minimum absolute atomic E-state index is 0.0364. The van der Waals surface area contributed by atoms with Crippen LogP contribution in [0, 0.1) is 10.1 Å². The predicted molar refractivity (Wildman–Crippen MR) is 106 cm³/mol. The highest BCUT2D eigenvalue weighted by atomic mass is 35.5. The van der Waals surface area contributed by atoms with Crippen LogP contribution in [0.2, 0.25) is 5.02 Å². The molecule has 0 aliphatic heterocycles. The maximum absolute atomic E-state index is 12.1. The number of nitro groups is 1. The highest BCUT2D eigenvalue weighted by molar-refractivity contribution is 6.32. The van der Waals surface area contributed by atoms with E-state index < -0.39 is 4.92 Å². The van der Waals surface area contributed by atoms with E-state index in [-0.39, 0.29) is 23.2 Å². The third kappa shape index (κ3) is 4.64. The van der Waals surface area contributed by atoms with Crippen LogP contribution in [0.25, 0.3) is 17.4 Å². The molecule has 8 heteroatoms. The van der Waals surface area contributed by atoms with Gasteiger partial charge in [0.15, 0.2) is 0 Å². The van der Waals surface area contributed by atoms with Gasteiger partial charge in [0.1, 0.15) is 23.2 Å². The third-order valence-corrected chi connectivity index (χ3v) is 4.17. The Kier molecular flexibility index (Phi) is 5.88. The molecular formula is C20H15ClN2O5. The molecule has 1 heterocycles. The average Bonchev–Trinajstić information content (AvgIpc) is 3.17. The Balaban J connectivity index is 1.65. The summed E-state index contributed by atoms with van der Waals surface area (Å²) in [7, 11) is 0. The topological polar surface area (TPSA) is 106 Å². The molecule has 28 heavy (non-hydrogen) atoms. The average molecular weight is 399 g/mol. The predicted octanol–water partition coefficient (Wildman–Crippen LogP) is 4.65. The Bertz CT molecular complexity index is 1040. The number of hydrogen-bond acceptors (Lipinski definition) is 5. The molecule has 0 saturated carbocycles. The number of amides is 1. The number of benzene rings is 2. The van der Waals surface area contributed by atoms with E-state index in [2.05, 4.69) is 5.32 Å². The molecule has 0 radical (unpaired) electrons. The van der Waals surface area contributed by atoms with Crippen molar-refractivity contribution in [3.8, 4) is 11.3 Å². The van der Waals surface area contributed by atoms with Gasteiger partial charge in [-0.15, -0.1) is 0 Å². The van der Waals surface area contributed by atoms with Gasteiger partial charge in [0.2, 0.25) is 5.91 Å². The summed E-state index contributed by atoms with van der Waals surface area (Å²) >= 11 is 5.76. The zero-order valence-corrected chi connectivity index (χ0v) is 15.2. The van der Waals surface area contributed by atoms with E-state index in [9.17, 15) is 14.9 Å². The van der Waals surface area contributed by atoms with E-state index in [1.165, 1.54) is 24.3 Å². The summed E-state index contributed by atoms with van der Waals surface area (Å²) in [5.41, 5.74) is 1.65. The first-order valence-corrected chi connectivity index (χ1v) is 8.57. The number of furan rings is 1. The van der Waals surface area contributed by atoms with Gasteiger partial charge in [-0.2, -0.15) is 0 Å². The molecule has 1 aromatic heterocycles. The van der Waals surface area contributed by atoms with Crippen molar-refractivity contribution in [1.29, 1.82) is 0 Å². The van der Waals surface area contributed by atoms with Gasteiger partial charge in [-0.1, -0.05) is 17.7 Å². The first kappa shape index (κ1) is 19.3. The fourth-order valence-electron chi connectivity index (χ4n) is 2.46. The van der Waals surface area contributed by atoms with Crippen molar-refractivity contribution >= 4 is 35.0 Å². The van der Waals surface area contributed by atoms with Crippen LogP contribution >= 0.6 is 11.6 Å². The molecule has 0 aliphatic rings. The number of rotatable bonds is 6. The van der Waals surface area contributed by atoms with Crippen LogP contribution < -0.4 is 5.32 Å². The lowest BCUT2D eigenvalue weighted by Crippen LogP contribution is -2.07. The molecule has 0 fully saturated rings. The lowest BCUT2D eigenvalue weighted by molar-refractivity contribution is -0.384. The van der Waals surface area contributed by atoms with Crippen molar-refractivity contribution in [1.82, 2.24) is 0 Å². The van der Waals surface area contributed by atoms with Gasteiger partial charge >= 0.3 is 0 Å². The van der Waals surface area contributed by atoms with Crippen LogP contribution in [0.15, 0.2) is 65.1 Å². The standard InChI is InChI=1S/C20H15ClN2O5/c21-17-8-1-13(11-18(17)23(26)27)2-10-20(25)22-15-5-3-14(4-6-15)19-9-7-16(12-24)28-19/h1-11,24H,12H2,(H,22,25)/b10-2+. The Morgan fingerprint density at radius 1 is 1.18 bits per heavy atom. The van der Waals surface area contributed by atoms with Gasteiger partial charge in [-0.05, 0) is 54.1 Å². The molecule has 3 rings (SSSR count). The maximum Gasteiger partial charge on any atom is 0.288 e. The molecule has 3 aromatic rings. The van der Waals surface area contributed by atoms with E-state index in [0.717, 1.165) is 5.56 Å². The second-order valence-corrected chi connectivity index (χ2v) is 6.20. The quantitative estimate of drug-likeness (QED) is 0.357. The van der Waals surface area contributed by atoms with E-state index in [0.29, 0.717) is 22.8 Å². The third-order valence-electron chi connectivity index (χ3n) is 3.85. The van der Waals surface area contributed by atoms with Gasteiger partial charge in [-0.25, -0.2) is 0 Å². The number of aliphatic hydroxyl groups excluding tert-OH is 1. The summed E-state index contributed by atoms with van der Waals surface area (Å²) in [6, 6.07) is 14.7. The van der Waals surface area contributed by atoms with Crippen LogP contribution in [0.3, 0.4) is 0 Å². The van der Waals surface area contributed by atoms with Crippen LogP contribution in [0.5, 0.6) is 0 Å². The second kappa shape index (κ2) is 8.51. The summed E-state index contributed by atoms with van der Waals surface area (Å²) in [6.07, 6.45) is 2.74. The maximum atomic E-state index is 12.1. The van der Waals surface area contributed by atoms with Crippen LogP contribution in [0.1, 0.15) is 11.3 Å². The molecule has 0 aliphatic carbocycles. The van der Waals surface area contributed by atoms with Gasteiger partial charge in [-0.3, -0.25) is 14.9 Å². The van der Waals surface area contributed by atoms with Gasteiger partial charge in [0, 0.05) is 23.4 Å². The number of halogens is 1. The molecular weight excluding hydrogens is 384 g/mol. The van der Waals surface area contributed by atoms with Crippen LogP contribution in [-0.2, 0) is 11.4 Å². The number of nitro benzene ring substituents is 1. The minimum Gasteiger partial charge on any atom is -0.459 e. The molecule has 2 N–H and O–H groups in total. The zero-order chi connectivity index (χ0) is 20.1. The molecule has 0 bridgehead atoms. The van der Waals surface area contributed by atoms with E-state index in [1.807, 2.05) is 0 Å². The highest BCUT2D eigenvalue weighted by Gasteiger charge is 2.11. The fraction of sp³-hybridized carbons (Fsp3) is 0.0500. The van der Waals surface area contributed by atoms with Crippen molar-refractivity contribution in [3.05, 3.63) is 87.1 Å². The zero-order valence-electron chi connectivity index (χ0n) is 14.5. The Morgan fingerprint density at radius 3 is 2.57 bits per heavy atom. The van der Waals surface area contributed by atoms with Crippen LogP contribution in [-0.4, -0.2) is 15.9 Å². The smallest absolute Gasteiger partial charge is 0.288 e. The number of carbonyl (C=O) groups excluding carboxylic acids is 1. The van der Waals surface area contributed by atoms with Gasteiger partial charge in [0.25, 0.3) is 5.69 Å². The molecule has 0 spiro atoms. The van der Waals surface area contributed by atoms with E-state index in [1.54, 1.807) is 42.5 Å². The van der Waals surface area contributed by atoms with Crippen molar-refractivity contribution in [3.63, 3.8) is 0 Å².